The predicted octanol–water partition coefficient (Wildman–Crippen LogP) is 3.89. The molecule has 0 aliphatic carbocycles. The highest BCUT2D eigenvalue weighted by Gasteiger charge is 2.26. The van der Waals surface area contributed by atoms with E-state index in [0.29, 0.717) is 13.0 Å². The van der Waals surface area contributed by atoms with Gasteiger partial charge in [-0.25, -0.2) is 0 Å². The molecule has 1 N–H and O–H groups in total. The maximum absolute atomic E-state index is 11.9. The number of carbonyl (C=O) groups is 1. The molecule has 0 aliphatic heterocycles. The van der Waals surface area contributed by atoms with E-state index in [4.69, 9.17) is 14.2 Å². The molecule has 0 radical (unpaired) electrons. The first-order valence-corrected chi connectivity index (χ1v) is 9.02. The number of allylic oxidation sites excluding steroid dienone is 1. The van der Waals surface area contributed by atoms with Crippen LogP contribution in [-0.4, -0.2) is 37.0 Å². The molecular weight excluding hydrogens is 332 g/mol. The summed E-state index contributed by atoms with van der Waals surface area (Å²) in [5.41, 5.74) is 0.385. The highest BCUT2D eigenvalue weighted by Crippen LogP contribution is 2.18. The van der Waals surface area contributed by atoms with Crippen molar-refractivity contribution in [2.45, 2.75) is 59.4 Å². The Morgan fingerprint density at radius 3 is 2.38 bits per heavy atom. The zero-order valence-corrected chi connectivity index (χ0v) is 16.5. The molecule has 2 atom stereocenters. The Hall–Kier alpha value is -1.85. The molecule has 0 bridgehead atoms. The van der Waals surface area contributed by atoms with Crippen molar-refractivity contribution in [3.05, 3.63) is 42.0 Å². The average Bonchev–Trinajstić information content (AvgIpc) is 2.61. The minimum Gasteiger partial charge on any atom is -0.497 e. The summed E-state index contributed by atoms with van der Waals surface area (Å²) in [6.07, 6.45) is 4.14. The second-order valence-electron chi connectivity index (χ2n) is 7.23. The number of aliphatic hydroxyl groups is 1. The van der Waals surface area contributed by atoms with Crippen LogP contribution in [0.15, 0.2) is 36.4 Å². The molecule has 1 aromatic rings. The standard InChI is InChI=1S/C21H32O5/c1-6-7-8-9-19(18(22)15-26-20(23)21(2,3)4)25-14-16-10-12-17(24-5)13-11-16/h7-8,10-13,18-19,22H,6,9,14-15H2,1-5H3/b8-7-/t18-,19+/m1/s1. The van der Waals surface area contributed by atoms with Crippen molar-refractivity contribution >= 4 is 5.97 Å². The number of rotatable bonds is 10. The van der Waals surface area contributed by atoms with Crippen LogP contribution in [-0.2, 0) is 20.9 Å². The minimum atomic E-state index is -0.888. The zero-order valence-electron chi connectivity index (χ0n) is 16.5. The molecule has 0 spiro atoms. The summed E-state index contributed by atoms with van der Waals surface area (Å²) in [5, 5.41) is 10.4. The lowest BCUT2D eigenvalue weighted by atomic mass is 9.97. The average molecular weight is 364 g/mol. The van der Waals surface area contributed by atoms with Crippen molar-refractivity contribution < 1.29 is 24.1 Å². The molecule has 146 valence electrons. The van der Waals surface area contributed by atoms with Gasteiger partial charge >= 0.3 is 5.97 Å². The van der Waals surface area contributed by atoms with Gasteiger partial charge in [-0.05, 0) is 51.3 Å². The maximum Gasteiger partial charge on any atom is 0.311 e. The molecule has 0 saturated carbocycles. The van der Waals surface area contributed by atoms with Gasteiger partial charge in [0.25, 0.3) is 0 Å². The summed E-state index contributed by atoms with van der Waals surface area (Å²) in [4.78, 5) is 11.9. The first-order chi connectivity index (χ1) is 12.3. The minimum absolute atomic E-state index is 0.0800. The summed E-state index contributed by atoms with van der Waals surface area (Å²) >= 11 is 0. The normalized spacial score (nSPS) is 14.2. The molecular formula is C21H32O5. The van der Waals surface area contributed by atoms with Crippen LogP contribution < -0.4 is 4.74 Å². The van der Waals surface area contributed by atoms with Crippen LogP contribution in [0.3, 0.4) is 0 Å². The number of methoxy groups -OCH3 is 1. The number of carbonyl (C=O) groups excluding carboxylic acids is 1. The summed E-state index contributed by atoms with van der Waals surface area (Å²) in [7, 11) is 1.62. The molecule has 5 heteroatoms. The number of aliphatic hydroxyl groups excluding tert-OH is 1. The molecule has 0 unspecified atom stereocenters. The van der Waals surface area contributed by atoms with Crippen LogP contribution in [0.4, 0.5) is 0 Å². The fraction of sp³-hybridized carbons (Fsp3) is 0.571. The van der Waals surface area contributed by atoms with Gasteiger partial charge in [-0.15, -0.1) is 0 Å². The lowest BCUT2D eigenvalue weighted by Gasteiger charge is -2.24. The first-order valence-electron chi connectivity index (χ1n) is 9.02. The van der Waals surface area contributed by atoms with Gasteiger partial charge in [0, 0.05) is 0 Å². The fourth-order valence-electron chi connectivity index (χ4n) is 2.14. The summed E-state index contributed by atoms with van der Waals surface area (Å²) in [6, 6.07) is 7.58. The highest BCUT2D eigenvalue weighted by molar-refractivity contribution is 5.75. The van der Waals surface area contributed by atoms with E-state index in [1.54, 1.807) is 27.9 Å². The molecule has 0 amide bonds. The summed E-state index contributed by atoms with van der Waals surface area (Å²) < 4.78 is 16.3. The maximum atomic E-state index is 11.9. The van der Waals surface area contributed by atoms with Crippen molar-refractivity contribution in [1.82, 2.24) is 0 Å². The third kappa shape index (κ3) is 8.02. The highest BCUT2D eigenvalue weighted by atomic mass is 16.6. The van der Waals surface area contributed by atoms with Crippen molar-refractivity contribution in [2.24, 2.45) is 5.41 Å². The Morgan fingerprint density at radius 1 is 1.19 bits per heavy atom. The van der Waals surface area contributed by atoms with E-state index >= 15 is 0 Å². The first kappa shape index (κ1) is 22.2. The molecule has 1 rings (SSSR count). The van der Waals surface area contributed by atoms with Gasteiger partial charge in [0.2, 0.25) is 0 Å². The molecule has 0 aromatic heterocycles. The van der Waals surface area contributed by atoms with Crippen molar-refractivity contribution in [3.63, 3.8) is 0 Å². The molecule has 0 aliphatic rings. The van der Waals surface area contributed by atoms with Crippen LogP contribution in [0.5, 0.6) is 5.75 Å². The monoisotopic (exact) mass is 364 g/mol. The van der Waals surface area contributed by atoms with Crippen molar-refractivity contribution in [3.8, 4) is 5.75 Å². The number of hydrogen-bond donors (Lipinski definition) is 1. The quantitative estimate of drug-likeness (QED) is 0.504. The van der Waals surface area contributed by atoms with E-state index in [9.17, 15) is 9.90 Å². The Morgan fingerprint density at radius 2 is 1.85 bits per heavy atom. The fourth-order valence-corrected chi connectivity index (χ4v) is 2.14. The SMILES string of the molecule is CC/C=C\C[C@H](OCc1ccc(OC)cc1)[C@H](O)COC(=O)C(C)(C)C. The van der Waals surface area contributed by atoms with Gasteiger partial charge in [-0.2, -0.15) is 0 Å². The molecule has 0 saturated heterocycles. The van der Waals surface area contributed by atoms with Gasteiger partial charge < -0.3 is 19.3 Å². The van der Waals surface area contributed by atoms with E-state index in [2.05, 4.69) is 0 Å². The second-order valence-corrected chi connectivity index (χ2v) is 7.23. The van der Waals surface area contributed by atoms with Gasteiger partial charge in [0.05, 0.1) is 25.2 Å². The molecule has 1 aromatic carbocycles. The van der Waals surface area contributed by atoms with Crippen LogP contribution in [0, 0.1) is 5.41 Å². The Kier molecular flexibility index (Phi) is 9.38. The molecule has 26 heavy (non-hydrogen) atoms. The van der Waals surface area contributed by atoms with E-state index in [-0.39, 0.29) is 12.6 Å². The topological polar surface area (TPSA) is 65.0 Å². The van der Waals surface area contributed by atoms with Gasteiger partial charge in [-0.3, -0.25) is 4.79 Å². The molecule has 0 fully saturated rings. The van der Waals surface area contributed by atoms with Crippen molar-refractivity contribution in [2.75, 3.05) is 13.7 Å². The lowest BCUT2D eigenvalue weighted by Crippen LogP contribution is -2.35. The molecule has 5 nitrogen and oxygen atoms in total. The van der Waals surface area contributed by atoms with Crippen LogP contribution in [0.1, 0.15) is 46.1 Å². The largest absolute Gasteiger partial charge is 0.497 e. The Bertz CT molecular complexity index is 557. The number of benzene rings is 1. The van der Waals surface area contributed by atoms with Gasteiger partial charge in [-0.1, -0.05) is 31.2 Å². The second kappa shape index (κ2) is 11.0. The Labute approximate surface area is 157 Å². The van der Waals surface area contributed by atoms with Gasteiger partial charge in [0.15, 0.2) is 0 Å². The van der Waals surface area contributed by atoms with E-state index in [0.717, 1.165) is 17.7 Å². The number of esters is 1. The van der Waals surface area contributed by atoms with Crippen LogP contribution in [0.2, 0.25) is 0 Å². The number of ether oxygens (including phenoxy) is 3. The Balaban J connectivity index is 2.64. The zero-order chi connectivity index (χ0) is 19.6. The third-order valence-corrected chi connectivity index (χ3v) is 3.82. The molecule has 0 heterocycles. The summed E-state index contributed by atoms with van der Waals surface area (Å²) in [6.45, 7) is 7.67. The van der Waals surface area contributed by atoms with Gasteiger partial charge in [0.1, 0.15) is 18.5 Å². The third-order valence-electron chi connectivity index (χ3n) is 3.82. The van der Waals surface area contributed by atoms with Crippen molar-refractivity contribution in [1.29, 1.82) is 0 Å². The van der Waals surface area contributed by atoms with Crippen LogP contribution >= 0.6 is 0 Å². The van der Waals surface area contributed by atoms with E-state index in [1.165, 1.54) is 0 Å². The number of hydrogen-bond acceptors (Lipinski definition) is 5. The van der Waals surface area contributed by atoms with Crippen LogP contribution in [0.25, 0.3) is 0 Å². The predicted molar refractivity (Wildman–Crippen MR) is 102 cm³/mol. The summed E-state index contributed by atoms with van der Waals surface area (Å²) in [5.74, 6) is 0.444. The van der Waals surface area contributed by atoms with E-state index in [1.807, 2.05) is 43.3 Å². The lowest BCUT2D eigenvalue weighted by molar-refractivity contribution is -0.159. The smallest absolute Gasteiger partial charge is 0.311 e. The van der Waals surface area contributed by atoms with E-state index < -0.39 is 17.6 Å².